The first-order valence-electron chi connectivity index (χ1n) is 19.3. The van der Waals surface area contributed by atoms with E-state index < -0.39 is 0 Å². The summed E-state index contributed by atoms with van der Waals surface area (Å²) in [6.07, 6.45) is 0. The maximum Gasteiger partial charge on any atom is 0.0640 e. The highest BCUT2D eigenvalue weighted by Crippen LogP contribution is 2.47. The number of benzene rings is 9. The summed E-state index contributed by atoms with van der Waals surface area (Å²) in [5.41, 5.74) is 13.2. The quantitative estimate of drug-likeness (QED) is 0.156. The van der Waals surface area contributed by atoms with Crippen LogP contribution in [0.5, 0.6) is 0 Å². The van der Waals surface area contributed by atoms with Crippen molar-refractivity contribution < 1.29 is 0 Å². The molecule has 0 unspecified atom stereocenters. The fourth-order valence-electron chi connectivity index (χ4n) is 8.27. The lowest BCUT2D eigenvalue weighted by molar-refractivity contribution is 1.30. The molecule has 0 saturated carbocycles. The molecule has 0 atom stereocenters. The van der Waals surface area contributed by atoms with Gasteiger partial charge in [0.15, 0.2) is 0 Å². The third-order valence-electron chi connectivity index (χ3n) is 11.1. The summed E-state index contributed by atoms with van der Waals surface area (Å²) in [6, 6.07) is 77.5. The molecule has 0 amide bonds. The van der Waals surface area contributed by atoms with Crippen molar-refractivity contribution in [3.8, 4) is 44.5 Å². The average Bonchev–Trinajstić information content (AvgIpc) is 3.86. The SMILES string of the molecule is c1ccc(-c2cccc(-c3ccc(N(c4ccc(-c5ccc6sc7ccccc7c6c5)cc4)c4cccc5c4sc4c(-c6ccccc6)cccc45)cc3)c2)cc1. The monoisotopic (exact) mass is 761 g/mol. The molecule has 11 aromatic rings. The first-order chi connectivity index (χ1) is 28.2. The lowest BCUT2D eigenvalue weighted by Crippen LogP contribution is -2.10. The molecule has 57 heavy (non-hydrogen) atoms. The number of thiophene rings is 2. The van der Waals surface area contributed by atoms with Crippen LogP contribution in [0.2, 0.25) is 0 Å². The van der Waals surface area contributed by atoms with Gasteiger partial charge in [0.1, 0.15) is 0 Å². The fourth-order valence-corrected chi connectivity index (χ4v) is 10.7. The van der Waals surface area contributed by atoms with E-state index in [4.69, 9.17) is 0 Å². The number of anilines is 3. The number of rotatable bonds is 7. The van der Waals surface area contributed by atoms with E-state index >= 15 is 0 Å². The second kappa shape index (κ2) is 14.1. The van der Waals surface area contributed by atoms with Gasteiger partial charge in [-0.3, -0.25) is 0 Å². The van der Waals surface area contributed by atoms with Crippen LogP contribution in [0, 0.1) is 0 Å². The highest BCUT2D eigenvalue weighted by Gasteiger charge is 2.20. The number of hydrogen-bond acceptors (Lipinski definition) is 3. The van der Waals surface area contributed by atoms with E-state index in [0.717, 1.165) is 11.4 Å². The Morgan fingerprint density at radius 2 is 0.772 bits per heavy atom. The van der Waals surface area contributed by atoms with Gasteiger partial charge in [-0.25, -0.2) is 0 Å². The number of hydrogen-bond donors (Lipinski definition) is 0. The zero-order valence-electron chi connectivity index (χ0n) is 31.0. The van der Waals surface area contributed by atoms with Crippen LogP contribution in [-0.4, -0.2) is 0 Å². The Hall–Kier alpha value is -6.78. The maximum atomic E-state index is 2.43. The van der Waals surface area contributed by atoms with Gasteiger partial charge in [0, 0.05) is 47.0 Å². The van der Waals surface area contributed by atoms with Crippen molar-refractivity contribution in [2.75, 3.05) is 4.90 Å². The smallest absolute Gasteiger partial charge is 0.0640 e. The lowest BCUT2D eigenvalue weighted by Gasteiger charge is -2.26. The molecule has 0 N–H and O–H groups in total. The molecule has 0 radical (unpaired) electrons. The van der Waals surface area contributed by atoms with E-state index in [1.165, 1.54) is 90.5 Å². The zero-order chi connectivity index (χ0) is 37.7. The van der Waals surface area contributed by atoms with Crippen LogP contribution in [-0.2, 0) is 0 Å². The average molecular weight is 762 g/mol. The molecule has 268 valence electrons. The third kappa shape index (κ3) is 6.00. The van der Waals surface area contributed by atoms with Crippen molar-refractivity contribution in [3.63, 3.8) is 0 Å². The Morgan fingerprint density at radius 1 is 0.281 bits per heavy atom. The van der Waals surface area contributed by atoms with E-state index in [1.54, 1.807) is 0 Å². The van der Waals surface area contributed by atoms with Crippen molar-refractivity contribution in [2.45, 2.75) is 0 Å². The van der Waals surface area contributed by atoms with E-state index in [0.29, 0.717) is 0 Å². The van der Waals surface area contributed by atoms with Crippen molar-refractivity contribution in [1.29, 1.82) is 0 Å². The molecule has 0 aliphatic carbocycles. The summed E-state index contributed by atoms with van der Waals surface area (Å²) < 4.78 is 5.24. The molecule has 0 bridgehead atoms. The van der Waals surface area contributed by atoms with Crippen LogP contribution in [0.4, 0.5) is 17.1 Å². The Balaban J connectivity index is 1.04. The molecule has 2 aromatic heterocycles. The van der Waals surface area contributed by atoms with Crippen LogP contribution in [0.15, 0.2) is 212 Å². The Morgan fingerprint density at radius 3 is 1.47 bits per heavy atom. The van der Waals surface area contributed by atoms with Crippen molar-refractivity contribution in [3.05, 3.63) is 212 Å². The van der Waals surface area contributed by atoms with Gasteiger partial charge < -0.3 is 4.90 Å². The molecule has 9 aromatic carbocycles. The summed E-state index contributed by atoms with van der Waals surface area (Å²) >= 11 is 3.75. The van der Waals surface area contributed by atoms with Gasteiger partial charge >= 0.3 is 0 Å². The number of fused-ring (bicyclic) bond motifs is 6. The van der Waals surface area contributed by atoms with Gasteiger partial charge in [0.2, 0.25) is 0 Å². The van der Waals surface area contributed by atoms with Crippen LogP contribution < -0.4 is 4.90 Å². The normalized spacial score (nSPS) is 11.5. The van der Waals surface area contributed by atoms with E-state index in [9.17, 15) is 0 Å². The number of nitrogens with zero attached hydrogens (tertiary/aromatic N) is 1. The molecule has 0 aliphatic rings. The molecule has 2 heterocycles. The van der Waals surface area contributed by atoms with Gasteiger partial charge in [-0.05, 0) is 99.1 Å². The second-order valence-corrected chi connectivity index (χ2v) is 16.6. The molecule has 0 saturated heterocycles. The second-order valence-electron chi connectivity index (χ2n) is 14.5. The van der Waals surface area contributed by atoms with Crippen molar-refractivity contribution >= 4 is 80.1 Å². The van der Waals surface area contributed by atoms with E-state index in [-0.39, 0.29) is 0 Å². The molecular weight excluding hydrogens is 727 g/mol. The highest BCUT2D eigenvalue weighted by molar-refractivity contribution is 7.27. The first kappa shape index (κ1) is 33.5. The van der Waals surface area contributed by atoms with Crippen LogP contribution in [0.1, 0.15) is 0 Å². The van der Waals surface area contributed by atoms with Crippen LogP contribution >= 0.6 is 22.7 Å². The third-order valence-corrected chi connectivity index (χ3v) is 13.5. The van der Waals surface area contributed by atoms with Gasteiger partial charge in [-0.1, -0.05) is 158 Å². The van der Waals surface area contributed by atoms with Gasteiger partial charge in [0.05, 0.1) is 10.4 Å². The molecule has 0 aliphatic heterocycles. The van der Waals surface area contributed by atoms with Crippen LogP contribution in [0.3, 0.4) is 0 Å². The molecule has 0 spiro atoms. The minimum atomic E-state index is 1.12. The largest absolute Gasteiger partial charge is 0.309 e. The molecule has 11 rings (SSSR count). The predicted octanol–water partition coefficient (Wildman–Crippen LogP) is 16.6. The summed E-state index contributed by atoms with van der Waals surface area (Å²) in [6.45, 7) is 0. The summed E-state index contributed by atoms with van der Waals surface area (Å²) in [5, 5.41) is 5.21. The Kier molecular flexibility index (Phi) is 8.28. The van der Waals surface area contributed by atoms with E-state index in [1.807, 2.05) is 22.7 Å². The van der Waals surface area contributed by atoms with Crippen molar-refractivity contribution in [2.24, 2.45) is 0 Å². The van der Waals surface area contributed by atoms with Crippen LogP contribution in [0.25, 0.3) is 84.9 Å². The standard InChI is InChI=1S/C54H35NS2/c1-3-12-36(13-4-1)40-16-9-17-41(34-40)37-24-29-43(30-25-37)55(44-31-26-38(27-32-44)42-28-33-52-49(35-42)46-18-7-8-23-51(46)56-52)50-22-11-21-48-47-20-10-19-45(53(47)57-54(48)50)39-14-5-2-6-15-39/h1-35H. The van der Waals surface area contributed by atoms with Gasteiger partial charge in [-0.2, -0.15) is 0 Å². The Labute approximate surface area is 340 Å². The lowest BCUT2D eigenvalue weighted by atomic mass is 9.98. The minimum Gasteiger partial charge on any atom is -0.309 e. The fraction of sp³-hybridized carbons (Fsp3) is 0. The molecule has 1 nitrogen and oxygen atoms in total. The summed E-state index contributed by atoms with van der Waals surface area (Å²) in [7, 11) is 0. The van der Waals surface area contributed by atoms with Gasteiger partial charge in [-0.15, -0.1) is 22.7 Å². The first-order valence-corrected chi connectivity index (χ1v) is 21.0. The molecular formula is C54H35NS2. The highest BCUT2D eigenvalue weighted by atomic mass is 32.1. The maximum absolute atomic E-state index is 2.43. The van der Waals surface area contributed by atoms with Crippen molar-refractivity contribution in [1.82, 2.24) is 0 Å². The zero-order valence-corrected chi connectivity index (χ0v) is 32.6. The minimum absolute atomic E-state index is 1.12. The topological polar surface area (TPSA) is 3.24 Å². The molecule has 3 heteroatoms. The summed E-state index contributed by atoms with van der Waals surface area (Å²) in [5.74, 6) is 0. The Bertz CT molecular complexity index is 3210. The summed E-state index contributed by atoms with van der Waals surface area (Å²) in [4.78, 5) is 2.43. The molecule has 0 fully saturated rings. The predicted molar refractivity (Wildman–Crippen MR) is 249 cm³/mol. The van der Waals surface area contributed by atoms with E-state index in [2.05, 4.69) is 217 Å². The van der Waals surface area contributed by atoms with Gasteiger partial charge in [0.25, 0.3) is 0 Å².